The Bertz CT molecular complexity index is 1150. The molecule has 0 aliphatic heterocycles. The standard InChI is InChI=1S/C22H17Cl2N3O/c23-18-9-17(10-19(24)12-18)22(28)27-13-16(3-6-25)20-2-1-15(11-21(20)27)14-4-7-26-8-5-14/h1-2,4-5,7-13H,3,6,25H2. The van der Waals surface area contributed by atoms with E-state index in [2.05, 4.69) is 4.98 Å². The molecule has 0 bridgehead atoms. The van der Waals surface area contributed by atoms with Crippen LogP contribution in [0.25, 0.3) is 22.0 Å². The molecule has 0 fully saturated rings. The van der Waals surface area contributed by atoms with Crippen molar-refractivity contribution in [3.63, 3.8) is 0 Å². The van der Waals surface area contributed by atoms with Crippen LogP contribution in [0.4, 0.5) is 0 Å². The molecule has 0 spiro atoms. The van der Waals surface area contributed by atoms with Crippen LogP contribution in [0.15, 0.2) is 67.1 Å². The first-order valence-electron chi connectivity index (χ1n) is 8.82. The van der Waals surface area contributed by atoms with Crippen LogP contribution in [-0.4, -0.2) is 22.0 Å². The first-order chi connectivity index (χ1) is 13.6. The van der Waals surface area contributed by atoms with Crippen LogP contribution in [0.3, 0.4) is 0 Å². The molecule has 0 aliphatic rings. The van der Waals surface area contributed by atoms with Crippen LogP contribution in [0.2, 0.25) is 10.0 Å². The van der Waals surface area contributed by atoms with Gasteiger partial charge in [0, 0.05) is 39.6 Å². The highest BCUT2D eigenvalue weighted by atomic mass is 35.5. The minimum absolute atomic E-state index is 0.190. The van der Waals surface area contributed by atoms with E-state index in [-0.39, 0.29) is 5.91 Å². The Morgan fingerprint density at radius 2 is 1.68 bits per heavy atom. The number of hydrogen-bond acceptors (Lipinski definition) is 3. The third-order valence-electron chi connectivity index (χ3n) is 4.64. The Balaban J connectivity index is 1.89. The maximum absolute atomic E-state index is 13.2. The van der Waals surface area contributed by atoms with Crippen LogP contribution >= 0.6 is 23.2 Å². The van der Waals surface area contributed by atoms with E-state index in [1.807, 2.05) is 36.5 Å². The van der Waals surface area contributed by atoms with E-state index < -0.39 is 0 Å². The second kappa shape index (κ2) is 7.76. The highest BCUT2D eigenvalue weighted by Crippen LogP contribution is 2.29. The summed E-state index contributed by atoms with van der Waals surface area (Å²) < 4.78 is 1.65. The Labute approximate surface area is 172 Å². The largest absolute Gasteiger partial charge is 0.330 e. The molecule has 2 aromatic heterocycles. The van der Waals surface area contributed by atoms with Gasteiger partial charge in [0.15, 0.2) is 0 Å². The van der Waals surface area contributed by atoms with Crippen molar-refractivity contribution in [2.75, 3.05) is 6.54 Å². The van der Waals surface area contributed by atoms with Gasteiger partial charge in [-0.3, -0.25) is 14.3 Å². The van der Waals surface area contributed by atoms with Crippen molar-refractivity contribution < 1.29 is 4.79 Å². The quantitative estimate of drug-likeness (QED) is 0.503. The molecular formula is C22H17Cl2N3O. The van der Waals surface area contributed by atoms with Gasteiger partial charge in [0.25, 0.3) is 5.91 Å². The summed E-state index contributed by atoms with van der Waals surface area (Å²) in [4.78, 5) is 17.3. The third-order valence-corrected chi connectivity index (χ3v) is 5.08. The molecule has 0 amide bonds. The molecule has 0 radical (unpaired) electrons. The van der Waals surface area contributed by atoms with Gasteiger partial charge in [-0.25, -0.2) is 0 Å². The summed E-state index contributed by atoms with van der Waals surface area (Å²) in [5.74, 6) is -0.190. The first kappa shape index (κ1) is 18.7. The molecule has 2 N–H and O–H groups in total. The highest BCUT2D eigenvalue weighted by molar-refractivity contribution is 6.35. The SMILES string of the molecule is NCCc1cn(C(=O)c2cc(Cl)cc(Cl)c2)c2cc(-c3ccncc3)ccc12. The summed E-state index contributed by atoms with van der Waals surface area (Å²) in [6.45, 7) is 0.502. The fourth-order valence-electron chi connectivity index (χ4n) is 3.36. The lowest BCUT2D eigenvalue weighted by atomic mass is 10.0. The number of rotatable bonds is 4. The second-order valence-corrected chi connectivity index (χ2v) is 7.37. The molecule has 2 heterocycles. The van der Waals surface area contributed by atoms with Crippen LogP contribution < -0.4 is 5.73 Å². The number of nitrogens with zero attached hydrogens (tertiary/aromatic N) is 2. The Morgan fingerprint density at radius 1 is 0.964 bits per heavy atom. The number of carbonyl (C=O) groups is 1. The van der Waals surface area contributed by atoms with Crippen LogP contribution in [-0.2, 0) is 6.42 Å². The summed E-state index contributed by atoms with van der Waals surface area (Å²) >= 11 is 12.2. The predicted octanol–water partition coefficient (Wildman–Crippen LogP) is 5.20. The maximum atomic E-state index is 13.2. The summed E-state index contributed by atoms with van der Waals surface area (Å²) in [6.07, 6.45) is 6.03. The summed E-state index contributed by atoms with van der Waals surface area (Å²) in [7, 11) is 0. The van der Waals surface area contributed by atoms with Crippen LogP contribution in [0, 0.1) is 0 Å². The van der Waals surface area contributed by atoms with Gasteiger partial charge in [-0.1, -0.05) is 35.3 Å². The molecule has 4 rings (SSSR count). The lowest BCUT2D eigenvalue weighted by molar-refractivity contribution is 0.0965. The topological polar surface area (TPSA) is 60.9 Å². The minimum atomic E-state index is -0.190. The van der Waals surface area contributed by atoms with Crippen molar-refractivity contribution in [1.82, 2.24) is 9.55 Å². The molecule has 6 heteroatoms. The van der Waals surface area contributed by atoms with Gasteiger partial charge in [-0.2, -0.15) is 0 Å². The number of aromatic nitrogens is 2. The molecule has 4 nitrogen and oxygen atoms in total. The first-order valence-corrected chi connectivity index (χ1v) is 9.57. The van der Waals surface area contributed by atoms with E-state index >= 15 is 0 Å². The molecule has 4 aromatic rings. The fraction of sp³-hybridized carbons (Fsp3) is 0.0909. The zero-order chi connectivity index (χ0) is 19.7. The van der Waals surface area contributed by atoms with Gasteiger partial charge >= 0.3 is 0 Å². The number of pyridine rings is 1. The number of halogens is 2. The van der Waals surface area contributed by atoms with E-state index in [1.54, 1.807) is 35.2 Å². The van der Waals surface area contributed by atoms with E-state index in [0.717, 1.165) is 27.6 Å². The van der Waals surface area contributed by atoms with Crippen molar-refractivity contribution in [3.8, 4) is 11.1 Å². The molecule has 0 aliphatic carbocycles. The smallest absolute Gasteiger partial charge is 0.262 e. The van der Waals surface area contributed by atoms with Crippen molar-refractivity contribution in [1.29, 1.82) is 0 Å². The van der Waals surface area contributed by atoms with Crippen molar-refractivity contribution in [2.45, 2.75) is 6.42 Å². The van der Waals surface area contributed by atoms with E-state index in [1.165, 1.54) is 0 Å². The molecule has 28 heavy (non-hydrogen) atoms. The third kappa shape index (κ3) is 3.54. The molecule has 0 saturated carbocycles. The number of carbonyl (C=O) groups excluding carboxylic acids is 1. The van der Waals surface area contributed by atoms with Gasteiger partial charge in [0.1, 0.15) is 0 Å². The lowest BCUT2D eigenvalue weighted by Crippen LogP contribution is -2.11. The van der Waals surface area contributed by atoms with E-state index in [0.29, 0.717) is 28.6 Å². The number of hydrogen-bond donors (Lipinski definition) is 1. The average molecular weight is 410 g/mol. The van der Waals surface area contributed by atoms with E-state index in [9.17, 15) is 4.79 Å². The molecule has 0 atom stereocenters. The normalized spacial score (nSPS) is 11.1. The molecule has 2 aromatic carbocycles. The van der Waals surface area contributed by atoms with Crippen molar-refractivity contribution >= 4 is 40.0 Å². The van der Waals surface area contributed by atoms with E-state index in [4.69, 9.17) is 28.9 Å². The zero-order valence-corrected chi connectivity index (χ0v) is 16.4. The Kier molecular flexibility index (Phi) is 5.18. The zero-order valence-electron chi connectivity index (χ0n) is 14.9. The summed E-state index contributed by atoms with van der Waals surface area (Å²) in [5.41, 5.74) is 10.1. The fourth-order valence-corrected chi connectivity index (χ4v) is 3.89. The molecule has 140 valence electrons. The monoisotopic (exact) mass is 409 g/mol. The molecular weight excluding hydrogens is 393 g/mol. The van der Waals surface area contributed by atoms with Gasteiger partial charge in [-0.05, 0) is 66.1 Å². The van der Waals surface area contributed by atoms with Crippen molar-refractivity contribution in [2.24, 2.45) is 5.73 Å². The van der Waals surface area contributed by atoms with Gasteiger partial charge in [0.2, 0.25) is 0 Å². The molecule has 0 unspecified atom stereocenters. The van der Waals surface area contributed by atoms with Gasteiger partial charge in [0.05, 0.1) is 5.52 Å². The van der Waals surface area contributed by atoms with Gasteiger partial charge < -0.3 is 5.73 Å². The minimum Gasteiger partial charge on any atom is -0.330 e. The van der Waals surface area contributed by atoms with Crippen molar-refractivity contribution in [3.05, 3.63) is 88.3 Å². The number of benzene rings is 2. The maximum Gasteiger partial charge on any atom is 0.262 e. The Morgan fingerprint density at radius 3 is 2.36 bits per heavy atom. The lowest BCUT2D eigenvalue weighted by Gasteiger charge is -2.07. The van der Waals surface area contributed by atoms with Gasteiger partial charge in [-0.15, -0.1) is 0 Å². The van der Waals surface area contributed by atoms with Crippen LogP contribution in [0.1, 0.15) is 15.9 Å². The average Bonchev–Trinajstić information content (AvgIpc) is 3.05. The second-order valence-electron chi connectivity index (χ2n) is 6.49. The number of fused-ring (bicyclic) bond motifs is 1. The number of nitrogens with two attached hydrogens (primary N) is 1. The highest BCUT2D eigenvalue weighted by Gasteiger charge is 2.17. The Hall–Kier alpha value is -2.66. The summed E-state index contributed by atoms with van der Waals surface area (Å²) in [5, 5.41) is 1.85. The van der Waals surface area contributed by atoms with Crippen LogP contribution in [0.5, 0.6) is 0 Å². The summed E-state index contributed by atoms with van der Waals surface area (Å²) in [6, 6.07) is 14.8. The predicted molar refractivity (Wildman–Crippen MR) is 114 cm³/mol. The molecule has 0 saturated heterocycles.